The summed E-state index contributed by atoms with van der Waals surface area (Å²) in [5.74, 6) is -1.18. The molecular formula is C24H27FN4O3. The van der Waals surface area contributed by atoms with E-state index in [-0.39, 0.29) is 12.5 Å². The fraction of sp³-hybridized carbons (Fsp3) is 0.333. The highest BCUT2D eigenvalue weighted by Crippen LogP contribution is 2.35. The van der Waals surface area contributed by atoms with E-state index in [2.05, 4.69) is 4.90 Å². The molecule has 1 saturated heterocycles. The van der Waals surface area contributed by atoms with Gasteiger partial charge in [0.05, 0.1) is 17.9 Å². The number of nitrogens with zero attached hydrogens (tertiary/aromatic N) is 4. The van der Waals surface area contributed by atoms with E-state index in [9.17, 15) is 19.1 Å². The second-order valence-electron chi connectivity index (χ2n) is 8.14. The summed E-state index contributed by atoms with van der Waals surface area (Å²) in [6, 6.07) is 12.9. The van der Waals surface area contributed by atoms with Gasteiger partial charge in [-0.15, -0.1) is 0 Å². The maximum atomic E-state index is 13.6. The maximum Gasteiger partial charge on any atom is 0.282 e. The Hall–Kier alpha value is -3.23. The number of benzene rings is 2. The Morgan fingerprint density at radius 3 is 2.09 bits per heavy atom. The Balaban J connectivity index is 1.71. The van der Waals surface area contributed by atoms with Gasteiger partial charge in [-0.05, 0) is 42.0 Å². The lowest BCUT2D eigenvalue weighted by Crippen LogP contribution is -2.48. The van der Waals surface area contributed by atoms with Crippen molar-refractivity contribution in [2.75, 3.05) is 63.2 Å². The van der Waals surface area contributed by atoms with Crippen LogP contribution in [0.3, 0.4) is 0 Å². The third kappa shape index (κ3) is 4.11. The second kappa shape index (κ2) is 9.10. The first-order valence-corrected chi connectivity index (χ1v) is 10.6. The molecule has 0 saturated carbocycles. The molecule has 0 aliphatic carbocycles. The van der Waals surface area contributed by atoms with E-state index >= 15 is 0 Å². The highest BCUT2D eigenvalue weighted by molar-refractivity contribution is 6.45. The van der Waals surface area contributed by atoms with E-state index < -0.39 is 11.7 Å². The molecule has 0 atom stereocenters. The zero-order chi connectivity index (χ0) is 22.8. The summed E-state index contributed by atoms with van der Waals surface area (Å²) >= 11 is 0. The lowest BCUT2D eigenvalue weighted by Gasteiger charge is -2.36. The number of aliphatic hydroxyl groups excluding tert-OH is 1. The average molecular weight is 439 g/mol. The fourth-order valence-electron chi connectivity index (χ4n) is 4.16. The predicted octanol–water partition coefficient (Wildman–Crippen LogP) is 1.79. The van der Waals surface area contributed by atoms with Gasteiger partial charge < -0.3 is 14.9 Å². The number of carbonyl (C=O) groups is 2. The van der Waals surface area contributed by atoms with E-state index in [1.807, 2.05) is 36.0 Å². The van der Waals surface area contributed by atoms with Gasteiger partial charge in [0.2, 0.25) is 0 Å². The minimum Gasteiger partial charge on any atom is -0.395 e. The fourth-order valence-corrected chi connectivity index (χ4v) is 4.16. The number of β-amino-alcohol motifs (C(OH)–C–C–N with tert-alkyl or cyclic N) is 1. The van der Waals surface area contributed by atoms with Crippen molar-refractivity contribution in [3.63, 3.8) is 0 Å². The number of rotatable bonds is 6. The summed E-state index contributed by atoms with van der Waals surface area (Å²) < 4.78 is 13.5. The smallest absolute Gasteiger partial charge is 0.282 e. The van der Waals surface area contributed by atoms with Crippen LogP contribution < -0.4 is 9.80 Å². The Labute approximate surface area is 186 Å². The standard InChI is InChI=1S/C24H27FN4O3/c1-26(2)19-7-9-20(10-8-19)29-23(31)21(17-3-5-18(25)6-4-17)22(24(29)32)28-13-11-27(12-14-28)15-16-30/h3-10,30H,11-16H2,1-2H3. The van der Waals surface area contributed by atoms with Crippen LogP contribution in [-0.2, 0) is 9.59 Å². The van der Waals surface area contributed by atoms with Gasteiger partial charge in [-0.3, -0.25) is 14.5 Å². The number of carbonyl (C=O) groups excluding carboxylic acids is 2. The van der Waals surface area contributed by atoms with Crippen molar-refractivity contribution in [1.29, 1.82) is 0 Å². The molecular weight excluding hydrogens is 411 g/mol. The van der Waals surface area contributed by atoms with Crippen molar-refractivity contribution in [3.8, 4) is 0 Å². The number of imide groups is 1. The van der Waals surface area contributed by atoms with E-state index in [1.165, 1.54) is 29.2 Å². The van der Waals surface area contributed by atoms with E-state index in [0.29, 0.717) is 55.2 Å². The quantitative estimate of drug-likeness (QED) is 0.694. The lowest BCUT2D eigenvalue weighted by molar-refractivity contribution is -0.120. The Morgan fingerprint density at radius 1 is 0.906 bits per heavy atom. The lowest BCUT2D eigenvalue weighted by atomic mass is 10.0. The molecule has 2 aliphatic rings. The SMILES string of the molecule is CN(C)c1ccc(N2C(=O)C(c3ccc(F)cc3)=C(N3CCN(CCO)CC3)C2=O)cc1. The number of hydrogen-bond donors (Lipinski definition) is 1. The molecule has 7 nitrogen and oxygen atoms in total. The molecule has 2 aliphatic heterocycles. The van der Waals surface area contributed by atoms with Crippen LogP contribution in [0, 0.1) is 5.82 Å². The molecule has 2 amide bonds. The van der Waals surface area contributed by atoms with Gasteiger partial charge in [0.15, 0.2) is 0 Å². The summed E-state index contributed by atoms with van der Waals surface area (Å²) in [5, 5.41) is 9.20. The van der Waals surface area contributed by atoms with Gasteiger partial charge >= 0.3 is 0 Å². The van der Waals surface area contributed by atoms with Gasteiger partial charge in [0.25, 0.3) is 11.8 Å². The Morgan fingerprint density at radius 2 is 1.53 bits per heavy atom. The average Bonchev–Trinajstić information content (AvgIpc) is 3.05. The van der Waals surface area contributed by atoms with E-state index in [1.54, 1.807) is 12.1 Å². The molecule has 4 rings (SSSR count). The van der Waals surface area contributed by atoms with Crippen molar-refractivity contribution >= 4 is 28.8 Å². The molecule has 0 radical (unpaired) electrons. The van der Waals surface area contributed by atoms with Gasteiger partial charge in [-0.25, -0.2) is 9.29 Å². The minimum absolute atomic E-state index is 0.0810. The third-order valence-corrected chi connectivity index (χ3v) is 5.92. The summed E-state index contributed by atoms with van der Waals surface area (Å²) in [5.41, 5.74) is 2.62. The zero-order valence-electron chi connectivity index (χ0n) is 18.3. The van der Waals surface area contributed by atoms with E-state index in [4.69, 9.17) is 0 Å². The minimum atomic E-state index is -0.410. The van der Waals surface area contributed by atoms with Crippen LogP contribution in [0.4, 0.5) is 15.8 Å². The van der Waals surface area contributed by atoms with Crippen molar-refractivity contribution < 1.29 is 19.1 Å². The van der Waals surface area contributed by atoms with Crippen molar-refractivity contribution in [1.82, 2.24) is 9.80 Å². The largest absolute Gasteiger partial charge is 0.395 e. The van der Waals surface area contributed by atoms with Crippen LogP contribution in [0.5, 0.6) is 0 Å². The summed E-state index contributed by atoms with van der Waals surface area (Å²) in [4.78, 5) is 34.3. The molecule has 1 fully saturated rings. The molecule has 2 aromatic carbocycles. The molecule has 1 N–H and O–H groups in total. The predicted molar refractivity (Wildman–Crippen MR) is 122 cm³/mol. The van der Waals surface area contributed by atoms with Crippen LogP contribution in [0.2, 0.25) is 0 Å². The van der Waals surface area contributed by atoms with Gasteiger partial charge in [0, 0.05) is 52.5 Å². The second-order valence-corrected chi connectivity index (χ2v) is 8.14. The van der Waals surface area contributed by atoms with Crippen LogP contribution in [0.15, 0.2) is 54.2 Å². The van der Waals surface area contributed by atoms with Crippen molar-refractivity contribution in [3.05, 3.63) is 65.6 Å². The molecule has 168 valence electrons. The highest BCUT2D eigenvalue weighted by Gasteiger charge is 2.43. The Kier molecular flexibility index (Phi) is 6.25. The van der Waals surface area contributed by atoms with Crippen LogP contribution in [0.25, 0.3) is 5.57 Å². The first kappa shape index (κ1) is 22.0. The summed E-state index contributed by atoms with van der Waals surface area (Å²) in [6.07, 6.45) is 0. The van der Waals surface area contributed by atoms with Crippen LogP contribution >= 0.6 is 0 Å². The molecule has 2 heterocycles. The number of hydrogen-bond acceptors (Lipinski definition) is 6. The normalized spacial score (nSPS) is 17.5. The monoisotopic (exact) mass is 438 g/mol. The van der Waals surface area contributed by atoms with Gasteiger partial charge in [-0.2, -0.15) is 0 Å². The first-order chi connectivity index (χ1) is 15.4. The van der Waals surface area contributed by atoms with Gasteiger partial charge in [-0.1, -0.05) is 12.1 Å². The van der Waals surface area contributed by atoms with Crippen LogP contribution in [-0.4, -0.2) is 80.1 Å². The topological polar surface area (TPSA) is 67.3 Å². The zero-order valence-corrected chi connectivity index (χ0v) is 18.3. The molecule has 0 spiro atoms. The molecule has 32 heavy (non-hydrogen) atoms. The van der Waals surface area contributed by atoms with E-state index in [0.717, 1.165) is 5.69 Å². The first-order valence-electron chi connectivity index (χ1n) is 10.6. The summed E-state index contributed by atoms with van der Waals surface area (Å²) in [7, 11) is 3.84. The molecule has 8 heteroatoms. The molecule has 0 bridgehead atoms. The molecule has 0 aromatic heterocycles. The number of aliphatic hydroxyl groups is 1. The van der Waals surface area contributed by atoms with Crippen molar-refractivity contribution in [2.24, 2.45) is 0 Å². The van der Waals surface area contributed by atoms with Crippen molar-refractivity contribution in [2.45, 2.75) is 0 Å². The number of amides is 2. The number of halogens is 1. The molecule has 0 unspecified atom stereocenters. The Bertz CT molecular complexity index is 1030. The number of piperazine rings is 1. The maximum absolute atomic E-state index is 13.6. The van der Waals surface area contributed by atoms with Crippen LogP contribution in [0.1, 0.15) is 5.56 Å². The van der Waals surface area contributed by atoms with Gasteiger partial charge in [0.1, 0.15) is 11.5 Å². The highest BCUT2D eigenvalue weighted by atomic mass is 19.1. The summed E-state index contributed by atoms with van der Waals surface area (Å²) in [6.45, 7) is 3.14. The number of anilines is 2. The molecule has 2 aromatic rings. The third-order valence-electron chi connectivity index (χ3n) is 5.92.